The predicted octanol–water partition coefficient (Wildman–Crippen LogP) is 2.51. The molecule has 4 heteroatoms. The number of aliphatic hydroxyl groups excluding tert-OH is 1. The molecule has 18 heavy (non-hydrogen) atoms. The average molecular weight is 251 g/mol. The predicted molar refractivity (Wildman–Crippen MR) is 72.1 cm³/mol. The number of nitrogens with one attached hydrogen (secondary N) is 1. The maximum absolute atomic E-state index is 11.1. The summed E-state index contributed by atoms with van der Waals surface area (Å²) in [4.78, 5) is 11.1. The number of hydrogen-bond donors (Lipinski definition) is 3. The van der Waals surface area contributed by atoms with Crippen molar-refractivity contribution < 1.29 is 15.0 Å². The zero-order valence-corrected chi connectivity index (χ0v) is 11.2. The first-order valence-corrected chi connectivity index (χ1v) is 6.04. The van der Waals surface area contributed by atoms with Crippen molar-refractivity contribution >= 4 is 11.7 Å². The molecule has 0 saturated heterocycles. The van der Waals surface area contributed by atoms with Gasteiger partial charge in [-0.2, -0.15) is 0 Å². The van der Waals surface area contributed by atoms with Crippen LogP contribution >= 0.6 is 0 Å². The molecule has 0 aliphatic rings. The van der Waals surface area contributed by atoms with Crippen LogP contribution in [-0.4, -0.2) is 29.3 Å². The molecule has 1 aromatic rings. The Morgan fingerprint density at radius 2 is 2.06 bits per heavy atom. The van der Waals surface area contributed by atoms with E-state index in [1.165, 1.54) is 0 Å². The van der Waals surface area contributed by atoms with E-state index in [9.17, 15) is 4.79 Å². The third kappa shape index (κ3) is 4.04. The van der Waals surface area contributed by atoms with Crippen LogP contribution in [0, 0.1) is 12.3 Å². The zero-order chi connectivity index (χ0) is 13.8. The second-order valence-corrected chi connectivity index (χ2v) is 5.35. The molecule has 0 aliphatic carbocycles. The molecule has 1 aromatic carbocycles. The summed E-state index contributed by atoms with van der Waals surface area (Å²) in [5.41, 5.74) is 1.76. The van der Waals surface area contributed by atoms with Gasteiger partial charge in [-0.1, -0.05) is 25.5 Å². The molecular formula is C14H21NO3. The Kier molecular flexibility index (Phi) is 4.73. The normalized spacial score (nSPS) is 11.3. The number of aryl methyl sites for hydroxylation is 1. The molecule has 0 bridgehead atoms. The lowest BCUT2D eigenvalue weighted by atomic mass is 9.89. The zero-order valence-electron chi connectivity index (χ0n) is 11.2. The molecule has 0 fully saturated rings. The summed E-state index contributed by atoms with van der Waals surface area (Å²) >= 11 is 0. The molecule has 3 N–H and O–H groups in total. The number of anilines is 1. The van der Waals surface area contributed by atoms with Crippen LogP contribution in [0.4, 0.5) is 5.69 Å². The maximum atomic E-state index is 11.1. The van der Waals surface area contributed by atoms with Gasteiger partial charge in [0.1, 0.15) is 0 Å². The van der Waals surface area contributed by atoms with E-state index in [0.29, 0.717) is 18.7 Å². The smallest absolute Gasteiger partial charge is 0.337 e. The highest BCUT2D eigenvalue weighted by molar-refractivity contribution is 5.94. The van der Waals surface area contributed by atoms with Crippen LogP contribution in [0.1, 0.15) is 36.2 Å². The van der Waals surface area contributed by atoms with E-state index in [0.717, 1.165) is 5.56 Å². The largest absolute Gasteiger partial charge is 0.478 e. The van der Waals surface area contributed by atoms with Crippen LogP contribution in [0.15, 0.2) is 18.2 Å². The summed E-state index contributed by atoms with van der Waals surface area (Å²) in [5.74, 6) is -0.929. The van der Waals surface area contributed by atoms with Gasteiger partial charge in [-0.3, -0.25) is 0 Å². The van der Waals surface area contributed by atoms with Crippen LogP contribution in [0.25, 0.3) is 0 Å². The molecule has 0 atom stereocenters. The van der Waals surface area contributed by atoms with E-state index < -0.39 is 5.97 Å². The Bertz CT molecular complexity index is 427. The molecule has 0 heterocycles. The molecule has 0 saturated carbocycles. The first-order valence-electron chi connectivity index (χ1n) is 6.04. The Morgan fingerprint density at radius 3 is 2.61 bits per heavy atom. The summed E-state index contributed by atoms with van der Waals surface area (Å²) in [7, 11) is 0. The molecule has 0 aliphatic heterocycles. The van der Waals surface area contributed by atoms with Gasteiger partial charge in [-0.05, 0) is 30.9 Å². The van der Waals surface area contributed by atoms with Gasteiger partial charge in [-0.25, -0.2) is 4.79 Å². The monoisotopic (exact) mass is 251 g/mol. The Balaban J connectivity index is 2.82. The summed E-state index contributed by atoms with van der Waals surface area (Å²) in [6.07, 6.45) is 0.675. The molecule has 0 unspecified atom stereocenters. The van der Waals surface area contributed by atoms with E-state index in [-0.39, 0.29) is 17.6 Å². The summed E-state index contributed by atoms with van der Waals surface area (Å²) in [6.45, 7) is 6.69. The van der Waals surface area contributed by atoms with Crippen LogP contribution in [-0.2, 0) is 0 Å². The van der Waals surface area contributed by atoms with Crippen LogP contribution in [0.3, 0.4) is 0 Å². The van der Waals surface area contributed by atoms with Gasteiger partial charge in [-0.15, -0.1) is 0 Å². The number of benzene rings is 1. The molecule has 100 valence electrons. The van der Waals surface area contributed by atoms with Gasteiger partial charge in [0.25, 0.3) is 0 Å². The topological polar surface area (TPSA) is 69.6 Å². The minimum Gasteiger partial charge on any atom is -0.478 e. The lowest BCUT2D eigenvalue weighted by Crippen LogP contribution is -2.25. The van der Waals surface area contributed by atoms with Crippen LogP contribution in [0.2, 0.25) is 0 Å². The lowest BCUT2D eigenvalue weighted by molar-refractivity contribution is 0.0697. The minimum atomic E-state index is -0.929. The third-order valence-corrected chi connectivity index (χ3v) is 2.95. The standard InChI is InChI=1S/C14H21NO3/c1-10-4-5-12(11(8-10)13(17)18)15-9-14(2,3)6-7-16/h4-5,8,15-16H,6-7,9H2,1-3H3,(H,17,18). The molecule has 0 radical (unpaired) electrons. The van der Waals surface area contributed by atoms with Gasteiger partial charge >= 0.3 is 5.97 Å². The third-order valence-electron chi connectivity index (χ3n) is 2.95. The van der Waals surface area contributed by atoms with Crippen LogP contribution < -0.4 is 5.32 Å². The molecule has 4 nitrogen and oxygen atoms in total. The first-order chi connectivity index (χ1) is 8.35. The number of aromatic carboxylic acids is 1. The Morgan fingerprint density at radius 1 is 1.39 bits per heavy atom. The maximum Gasteiger partial charge on any atom is 0.337 e. The molecule has 0 amide bonds. The van der Waals surface area contributed by atoms with Crippen molar-refractivity contribution in [1.29, 1.82) is 0 Å². The molecule has 0 aromatic heterocycles. The highest BCUT2D eigenvalue weighted by Gasteiger charge is 2.18. The number of carbonyl (C=O) groups is 1. The lowest BCUT2D eigenvalue weighted by Gasteiger charge is -2.25. The number of carboxylic acids is 1. The molecular weight excluding hydrogens is 230 g/mol. The van der Waals surface area contributed by atoms with Crippen molar-refractivity contribution in [2.45, 2.75) is 27.2 Å². The van der Waals surface area contributed by atoms with Gasteiger partial charge in [0, 0.05) is 18.8 Å². The SMILES string of the molecule is Cc1ccc(NCC(C)(C)CCO)c(C(=O)O)c1. The Hall–Kier alpha value is -1.55. The van der Waals surface area contributed by atoms with Crippen molar-refractivity contribution in [3.8, 4) is 0 Å². The van der Waals surface area contributed by atoms with Crippen molar-refractivity contribution in [2.75, 3.05) is 18.5 Å². The second kappa shape index (κ2) is 5.87. The van der Waals surface area contributed by atoms with Crippen LogP contribution in [0.5, 0.6) is 0 Å². The molecule has 0 spiro atoms. The fourth-order valence-electron chi connectivity index (χ4n) is 1.71. The summed E-state index contributed by atoms with van der Waals surface area (Å²) < 4.78 is 0. The van der Waals surface area contributed by atoms with Crippen molar-refractivity contribution in [3.05, 3.63) is 29.3 Å². The van der Waals surface area contributed by atoms with E-state index in [1.807, 2.05) is 26.8 Å². The van der Waals surface area contributed by atoms with E-state index in [1.54, 1.807) is 12.1 Å². The van der Waals surface area contributed by atoms with E-state index in [2.05, 4.69) is 5.32 Å². The average Bonchev–Trinajstić information content (AvgIpc) is 2.27. The van der Waals surface area contributed by atoms with Crippen molar-refractivity contribution in [3.63, 3.8) is 0 Å². The number of rotatable bonds is 6. The highest BCUT2D eigenvalue weighted by atomic mass is 16.4. The van der Waals surface area contributed by atoms with E-state index >= 15 is 0 Å². The number of carboxylic acid groups (broad SMARTS) is 1. The molecule has 1 rings (SSSR count). The van der Waals surface area contributed by atoms with Gasteiger partial charge in [0.15, 0.2) is 0 Å². The van der Waals surface area contributed by atoms with Gasteiger partial charge < -0.3 is 15.5 Å². The summed E-state index contributed by atoms with van der Waals surface area (Å²) in [6, 6.07) is 5.32. The van der Waals surface area contributed by atoms with Crippen molar-refractivity contribution in [1.82, 2.24) is 0 Å². The fraction of sp³-hybridized carbons (Fsp3) is 0.500. The van der Waals surface area contributed by atoms with Gasteiger partial charge in [0.05, 0.1) is 5.56 Å². The quantitative estimate of drug-likeness (QED) is 0.726. The van der Waals surface area contributed by atoms with Crippen molar-refractivity contribution in [2.24, 2.45) is 5.41 Å². The number of aliphatic hydroxyl groups is 1. The van der Waals surface area contributed by atoms with Gasteiger partial charge in [0.2, 0.25) is 0 Å². The fourth-order valence-corrected chi connectivity index (χ4v) is 1.71. The Labute approximate surface area is 108 Å². The number of hydrogen-bond acceptors (Lipinski definition) is 3. The minimum absolute atomic E-state index is 0.0740. The second-order valence-electron chi connectivity index (χ2n) is 5.35. The highest BCUT2D eigenvalue weighted by Crippen LogP contribution is 2.23. The van der Waals surface area contributed by atoms with E-state index in [4.69, 9.17) is 10.2 Å². The first kappa shape index (κ1) is 14.5. The summed E-state index contributed by atoms with van der Waals surface area (Å²) in [5, 5.41) is 21.3.